The van der Waals surface area contributed by atoms with Crippen LogP contribution in [0.2, 0.25) is 0 Å². The molecule has 1 aliphatic heterocycles. The summed E-state index contributed by atoms with van der Waals surface area (Å²) in [5.41, 5.74) is 4.01. The van der Waals surface area contributed by atoms with E-state index in [2.05, 4.69) is 49.9 Å². The molecule has 0 aromatic heterocycles. The second-order valence-corrected chi connectivity index (χ2v) is 10.3. The predicted molar refractivity (Wildman–Crippen MR) is 148 cm³/mol. The molecule has 1 fully saturated rings. The van der Waals surface area contributed by atoms with Gasteiger partial charge in [-0.25, -0.2) is 0 Å². The summed E-state index contributed by atoms with van der Waals surface area (Å²) >= 11 is 0. The first-order valence-electron chi connectivity index (χ1n) is 13.0. The maximum absolute atomic E-state index is 13.4. The molecule has 0 bridgehead atoms. The predicted octanol–water partition coefficient (Wildman–Crippen LogP) is 5.93. The summed E-state index contributed by atoms with van der Waals surface area (Å²) in [6, 6.07) is 21.9. The minimum atomic E-state index is 0.0354. The van der Waals surface area contributed by atoms with Crippen LogP contribution in [0.1, 0.15) is 49.2 Å². The number of nitrogens with zero attached hydrogens (tertiary/aromatic N) is 2. The van der Waals surface area contributed by atoms with Crippen molar-refractivity contribution in [2.75, 3.05) is 44.8 Å². The number of rotatable bonds is 8. The highest BCUT2D eigenvalue weighted by molar-refractivity contribution is 5.94. The van der Waals surface area contributed by atoms with Gasteiger partial charge in [-0.3, -0.25) is 4.79 Å². The summed E-state index contributed by atoms with van der Waals surface area (Å²) in [4.78, 5) is 17.6. The molecule has 1 saturated heterocycles. The Morgan fingerprint density at radius 3 is 2.08 bits per heavy atom. The topological polar surface area (TPSA) is 51.2 Å². The number of piperazine rings is 1. The zero-order chi connectivity index (χ0) is 26.4. The van der Waals surface area contributed by atoms with Crippen molar-refractivity contribution in [3.63, 3.8) is 0 Å². The molecule has 0 N–H and O–H groups in total. The van der Waals surface area contributed by atoms with E-state index in [4.69, 9.17) is 14.2 Å². The average Bonchev–Trinajstić information content (AvgIpc) is 2.92. The molecule has 6 nitrogen and oxygen atoms in total. The number of amides is 1. The molecule has 1 heterocycles. The van der Waals surface area contributed by atoms with Crippen molar-refractivity contribution in [3.8, 4) is 17.2 Å². The molecule has 0 saturated carbocycles. The van der Waals surface area contributed by atoms with Crippen molar-refractivity contribution in [3.05, 3.63) is 83.4 Å². The van der Waals surface area contributed by atoms with Crippen molar-refractivity contribution >= 4 is 11.6 Å². The van der Waals surface area contributed by atoms with Crippen LogP contribution >= 0.6 is 0 Å². The fourth-order valence-electron chi connectivity index (χ4n) is 4.48. The second kappa shape index (κ2) is 11.6. The fraction of sp³-hybridized carbons (Fsp3) is 0.387. The Kier molecular flexibility index (Phi) is 8.27. The third kappa shape index (κ3) is 6.56. The van der Waals surface area contributed by atoms with E-state index >= 15 is 0 Å². The SMILES string of the molecule is CCOc1ccc(C(=O)N2CCN(c3ccc(OC)cc3)CC2)cc1COc1ccc(C(C)(C)C)cc1. The summed E-state index contributed by atoms with van der Waals surface area (Å²) in [6.07, 6.45) is 0. The Bertz CT molecular complexity index is 1180. The zero-order valence-corrected chi connectivity index (χ0v) is 22.6. The van der Waals surface area contributed by atoms with Crippen molar-refractivity contribution in [1.29, 1.82) is 0 Å². The Labute approximate surface area is 220 Å². The lowest BCUT2D eigenvalue weighted by Crippen LogP contribution is -2.48. The maximum Gasteiger partial charge on any atom is 0.253 e. The van der Waals surface area contributed by atoms with Gasteiger partial charge >= 0.3 is 0 Å². The first kappa shape index (κ1) is 26.4. The van der Waals surface area contributed by atoms with Gasteiger partial charge in [-0.2, -0.15) is 0 Å². The Morgan fingerprint density at radius 1 is 0.838 bits per heavy atom. The monoisotopic (exact) mass is 502 g/mol. The van der Waals surface area contributed by atoms with E-state index in [1.807, 2.05) is 54.3 Å². The second-order valence-electron chi connectivity index (χ2n) is 10.3. The Morgan fingerprint density at radius 2 is 1.49 bits per heavy atom. The molecule has 0 atom stereocenters. The average molecular weight is 503 g/mol. The van der Waals surface area contributed by atoms with Gasteiger partial charge in [0.05, 0.1) is 13.7 Å². The molecule has 3 aromatic rings. The van der Waals surface area contributed by atoms with E-state index in [-0.39, 0.29) is 11.3 Å². The van der Waals surface area contributed by atoms with E-state index in [1.165, 1.54) is 5.56 Å². The van der Waals surface area contributed by atoms with Crippen LogP contribution in [-0.4, -0.2) is 50.7 Å². The number of carbonyl (C=O) groups is 1. The number of methoxy groups -OCH3 is 1. The summed E-state index contributed by atoms with van der Waals surface area (Å²) in [5, 5.41) is 0. The standard InChI is InChI=1S/C31H38N2O4/c1-6-36-29-16-7-23(21-24(29)22-37-28-12-8-25(9-13-28)31(2,3)4)30(34)33-19-17-32(18-20-33)26-10-14-27(35-5)15-11-26/h7-16,21H,6,17-20,22H2,1-5H3. The summed E-state index contributed by atoms with van der Waals surface area (Å²) < 4.78 is 17.2. The first-order chi connectivity index (χ1) is 17.8. The molecular formula is C31H38N2O4. The molecule has 1 aliphatic rings. The summed E-state index contributed by atoms with van der Waals surface area (Å²) in [6.45, 7) is 12.3. The molecule has 0 unspecified atom stereocenters. The first-order valence-corrected chi connectivity index (χ1v) is 13.0. The van der Waals surface area contributed by atoms with Gasteiger partial charge in [-0.05, 0) is 72.5 Å². The van der Waals surface area contributed by atoms with Crippen LogP contribution in [0, 0.1) is 0 Å². The maximum atomic E-state index is 13.4. The van der Waals surface area contributed by atoms with Gasteiger partial charge in [0.15, 0.2) is 0 Å². The van der Waals surface area contributed by atoms with Crippen LogP contribution in [0.25, 0.3) is 0 Å². The highest BCUT2D eigenvalue weighted by atomic mass is 16.5. The number of carbonyl (C=O) groups excluding carboxylic acids is 1. The Balaban J connectivity index is 1.41. The minimum Gasteiger partial charge on any atom is -0.497 e. The summed E-state index contributed by atoms with van der Waals surface area (Å²) in [7, 11) is 1.67. The molecule has 4 rings (SSSR count). The molecule has 6 heteroatoms. The van der Waals surface area contributed by atoms with Crippen molar-refractivity contribution in [2.45, 2.75) is 39.7 Å². The van der Waals surface area contributed by atoms with Gasteiger partial charge in [0.25, 0.3) is 5.91 Å². The quantitative estimate of drug-likeness (QED) is 0.382. The van der Waals surface area contributed by atoms with Gasteiger partial charge in [-0.15, -0.1) is 0 Å². The van der Waals surface area contributed by atoms with Crippen molar-refractivity contribution in [1.82, 2.24) is 4.90 Å². The Hall–Kier alpha value is -3.67. The molecule has 0 spiro atoms. The van der Waals surface area contributed by atoms with Gasteiger partial charge < -0.3 is 24.0 Å². The molecule has 3 aromatic carbocycles. The lowest BCUT2D eigenvalue weighted by atomic mass is 9.87. The van der Waals surface area contributed by atoms with Crippen molar-refractivity contribution in [2.24, 2.45) is 0 Å². The van der Waals surface area contributed by atoms with Crippen molar-refractivity contribution < 1.29 is 19.0 Å². The number of anilines is 1. The van der Waals surface area contributed by atoms with Crippen LogP contribution in [0.5, 0.6) is 17.2 Å². The lowest BCUT2D eigenvalue weighted by Gasteiger charge is -2.36. The fourth-order valence-corrected chi connectivity index (χ4v) is 4.48. The van der Waals surface area contributed by atoms with Crippen LogP contribution in [0.15, 0.2) is 66.7 Å². The normalized spacial score (nSPS) is 13.9. The van der Waals surface area contributed by atoms with E-state index in [1.54, 1.807) is 7.11 Å². The van der Waals surface area contributed by atoms with E-state index < -0.39 is 0 Å². The van der Waals surface area contributed by atoms with Crippen LogP contribution < -0.4 is 19.1 Å². The number of benzene rings is 3. The van der Waals surface area contributed by atoms with E-state index in [9.17, 15) is 4.79 Å². The number of ether oxygens (including phenoxy) is 3. The van der Waals surface area contributed by atoms with E-state index in [0.717, 1.165) is 41.6 Å². The van der Waals surface area contributed by atoms with Gasteiger partial charge in [0.2, 0.25) is 0 Å². The van der Waals surface area contributed by atoms with Gasteiger partial charge in [0.1, 0.15) is 23.9 Å². The smallest absolute Gasteiger partial charge is 0.253 e. The third-order valence-corrected chi connectivity index (χ3v) is 6.73. The minimum absolute atomic E-state index is 0.0354. The molecule has 0 radical (unpaired) electrons. The molecule has 196 valence electrons. The van der Waals surface area contributed by atoms with Crippen LogP contribution in [-0.2, 0) is 12.0 Å². The molecular weight excluding hydrogens is 464 g/mol. The third-order valence-electron chi connectivity index (χ3n) is 6.73. The van der Waals surface area contributed by atoms with Gasteiger partial charge in [-0.1, -0.05) is 32.9 Å². The molecule has 37 heavy (non-hydrogen) atoms. The van der Waals surface area contributed by atoms with Gasteiger partial charge in [0, 0.05) is 43.0 Å². The lowest BCUT2D eigenvalue weighted by molar-refractivity contribution is 0.0746. The largest absolute Gasteiger partial charge is 0.497 e. The molecule has 0 aliphatic carbocycles. The molecule has 1 amide bonds. The zero-order valence-electron chi connectivity index (χ0n) is 22.6. The van der Waals surface area contributed by atoms with Crippen LogP contribution in [0.3, 0.4) is 0 Å². The van der Waals surface area contributed by atoms with Crippen LogP contribution in [0.4, 0.5) is 5.69 Å². The number of hydrogen-bond acceptors (Lipinski definition) is 5. The summed E-state index contributed by atoms with van der Waals surface area (Å²) in [5.74, 6) is 2.42. The highest BCUT2D eigenvalue weighted by Gasteiger charge is 2.23. The highest BCUT2D eigenvalue weighted by Crippen LogP contribution is 2.27. The van der Waals surface area contributed by atoms with E-state index in [0.29, 0.717) is 31.9 Å². The number of hydrogen-bond donors (Lipinski definition) is 0.